The molecule has 1 aliphatic heterocycles. The number of fused-ring (bicyclic) bond motifs is 3. The number of hydrogen-bond donors (Lipinski definition) is 2. The van der Waals surface area contributed by atoms with E-state index in [9.17, 15) is 10.0 Å². The normalized spacial score (nSPS) is 14.5. The van der Waals surface area contributed by atoms with E-state index in [0.29, 0.717) is 11.3 Å². The number of aromatic nitrogens is 2. The van der Waals surface area contributed by atoms with Crippen LogP contribution in [-0.2, 0) is 13.0 Å². The molecule has 3 heterocycles. The third kappa shape index (κ3) is 2.35. The number of aromatic hydroxyl groups is 1. The van der Waals surface area contributed by atoms with Crippen LogP contribution >= 0.6 is 0 Å². The van der Waals surface area contributed by atoms with Crippen LogP contribution in [0.2, 0.25) is 0 Å². The van der Waals surface area contributed by atoms with Gasteiger partial charge in [0.15, 0.2) is 5.69 Å². The number of nitrogens with zero attached hydrogens (tertiary/aromatic N) is 3. The molecule has 1 aliphatic rings. The number of aromatic amines is 1. The third-order valence-electron chi connectivity index (χ3n) is 4.79. The van der Waals surface area contributed by atoms with Crippen molar-refractivity contribution in [3.8, 4) is 22.9 Å². The molecule has 0 unspecified atom stereocenters. The molecule has 0 saturated heterocycles. The summed E-state index contributed by atoms with van der Waals surface area (Å²) in [6, 6.07) is 5.70. The number of likely N-dealkylation sites (N-methyl/N-ethyl adjacent to an activating group) is 1. The second-order valence-corrected chi connectivity index (χ2v) is 6.27. The smallest absolute Gasteiger partial charge is 0.221 e. The minimum absolute atomic E-state index is 0.0372. The van der Waals surface area contributed by atoms with Gasteiger partial charge in [-0.1, -0.05) is 0 Å². The first-order valence-corrected chi connectivity index (χ1v) is 8.04. The molecule has 4 rings (SSSR count). The number of rotatable bonds is 3. The van der Waals surface area contributed by atoms with E-state index in [1.54, 1.807) is 13.3 Å². The van der Waals surface area contributed by atoms with E-state index in [2.05, 4.69) is 20.0 Å². The zero-order valence-electron chi connectivity index (χ0n) is 14.0. The average molecular weight is 338 g/mol. The van der Waals surface area contributed by atoms with Gasteiger partial charge in [-0.05, 0) is 53.5 Å². The largest absolute Gasteiger partial charge is 0.493 e. The minimum atomic E-state index is -0.198. The second-order valence-electron chi connectivity index (χ2n) is 6.27. The Bertz CT molecular complexity index is 980. The fourth-order valence-corrected chi connectivity index (χ4v) is 3.62. The molecule has 7 nitrogen and oxygen atoms in total. The summed E-state index contributed by atoms with van der Waals surface area (Å²) >= 11 is 0. The molecule has 0 aliphatic carbocycles. The summed E-state index contributed by atoms with van der Waals surface area (Å²) < 4.78 is 5.42. The molecule has 0 bridgehead atoms. The van der Waals surface area contributed by atoms with Gasteiger partial charge in [0, 0.05) is 30.2 Å². The maximum atomic E-state index is 11.2. The number of H-pyrrole nitrogens is 1. The summed E-state index contributed by atoms with van der Waals surface area (Å²) in [7, 11) is 3.64. The quantitative estimate of drug-likeness (QED) is 0.715. The van der Waals surface area contributed by atoms with E-state index in [4.69, 9.17) is 4.74 Å². The van der Waals surface area contributed by atoms with Gasteiger partial charge in [-0.15, -0.1) is 4.91 Å². The van der Waals surface area contributed by atoms with Crippen LogP contribution in [0.5, 0.6) is 11.8 Å². The number of ether oxygens (including phenoxy) is 1. The summed E-state index contributed by atoms with van der Waals surface area (Å²) in [4.78, 5) is 20.6. The van der Waals surface area contributed by atoms with Crippen LogP contribution in [0.1, 0.15) is 11.1 Å². The topological polar surface area (TPSA) is 90.8 Å². The molecule has 0 radical (unpaired) electrons. The summed E-state index contributed by atoms with van der Waals surface area (Å²) in [5.41, 5.74) is 4.87. The van der Waals surface area contributed by atoms with Gasteiger partial charge in [-0.2, -0.15) is 0 Å². The van der Waals surface area contributed by atoms with Gasteiger partial charge < -0.3 is 19.7 Å². The Morgan fingerprint density at radius 3 is 2.96 bits per heavy atom. The molecule has 2 aromatic heterocycles. The molecule has 0 saturated carbocycles. The summed E-state index contributed by atoms with van der Waals surface area (Å²) in [5.74, 6) is 0.332. The predicted octanol–water partition coefficient (Wildman–Crippen LogP) is 3.33. The Balaban J connectivity index is 2.09. The third-order valence-corrected chi connectivity index (χ3v) is 4.79. The lowest BCUT2D eigenvalue weighted by atomic mass is 9.89. The monoisotopic (exact) mass is 338 g/mol. The molecule has 0 fully saturated rings. The van der Waals surface area contributed by atoms with Crippen LogP contribution in [0.3, 0.4) is 0 Å². The van der Waals surface area contributed by atoms with Crippen molar-refractivity contribution in [2.24, 2.45) is 5.18 Å². The molecular weight excluding hydrogens is 320 g/mol. The van der Waals surface area contributed by atoms with Crippen molar-refractivity contribution >= 4 is 16.6 Å². The van der Waals surface area contributed by atoms with E-state index in [1.807, 2.05) is 25.2 Å². The minimum Gasteiger partial charge on any atom is -0.493 e. The van der Waals surface area contributed by atoms with Crippen molar-refractivity contribution in [3.05, 3.63) is 40.4 Å². The van der Waals surface area contributed by atoms with E-state index in [-0.39, 0.29) is 11.6 Å². The highest BCUT2D eigenvalue weighted by molar-refractivity contribution is 6.00. The fourth-order valence-electron chi connectivity index (χ4n) is 3.62. The van der Waals surface area contributed by atoms with Crippen LogP contribution in [0, 0.1) is 4.91 Å². The summed E-state index contributed by atoms with van der Waals surface area (Å²) in [6.07, 6.45) is 2.54. The number of hydrogen-bond acceptors (Lipinski definition) is 6. The molecule has 1 aromatic carbocycles. The molecule has 0 amide bonds. The number of nitrogens with one attached hydrogen (secondary N) is 1. The Morgan fingerprint density at radius 1 is 1.36 bits per heavy atom. The van der Waals surface area contributed by atoms with Crippen LogP contribution in [0.15, 0.2) is 29.6 Å². The first kappa shape index (κ1) is 15.6. The predicted molar refractivity (Wildman–Crippen MR) is 95.2 cm³/mol. The Labute approximate surface area is 144 Å². The van der Waals surface area contributed by atoms with E-state index in [0.717, 1.165) is 41.7 Å². The number of benzene rings is 1. The van der Waals surface area contributed by atoms with Crippen molar-refractivity contribution in [2.45, 2.75) is 13.0 Å². The zero-order chi connectivity index (χ0) is 17.6. The van der Waals surface area contributed by atoms with Gasteiger partial charge in [0.2, 0.25) is 11.8 Å². The van der Waals surface area contributed by atoms with E-state index < -0.39 is 0 Å². The Morgan fingerprint density at radius 2 is 2.20 bits per heavy atom. The van der Waals surface area contributed by atoms with Crippen LogP contribution < -0.4 is 4.74 Å². The summed E-state index contributed by atoms with van der Waals surface area (Å²) in [5, 5.41) is 13.7. The van der Waals surface area contributed by atoms with Crippen molar-refractivity contribution in [1.29, 1.82) is 0 Å². The highest BCUT2D eigenvalue weighted by atomic mass is 16.5. The highest BCUT2D eigenvalue weighted by Crippen LogP contribution is 2.44. The summed E-state index contributed by atoms with van der Waals surface area (Å²) in [6.45, 7) is 1.65. The lowest BCUT2D eigenvalue weighted by Crippen LogP contribution is -2.27. The number of nitroso groups, excluding NO2 is 1. The average Bonchev–Trinajstić information content (AvgIpc) is 2.96. The van der Waals surface area contributed by atoms with Crippen LogP contribution in [0.25, 0.3) is 22.0 Å². The molecule has 3 aromatic rings. The Kier molecular flexibility index (Phi) is 3.65. The molecular formula is C18H18N4O3. The maximum absolute atomic E-state index is 11.2. The van der Waals surface area contributed by atoms with E-state index in [1.165, 1.54) is 5.56 Å². The molecule has 25 heavy (non-hydrogen) atoms. The standard InChI is InChI=1S/C18H18N4O3/c1-22-7-5-10-12(11-4-3-6-19-18(11)25-2)8-13-15(14(10)9-22)20-17(23)16(13)21-24/h3-4,6,8,20,23H,5,7,9H2,1-2H3. The Hall–Kier alpha value is -2.93. The van der Waals surface area contributed by atoms with Gasteiger partial charge >= 0.3 is 0 Å². The molecule has 128 valence electrons. The van der Waals surface area contributed by atoms with Gasteiger partial charge in [0.25, 0.3) is 0 Å². The molecule has 0 atom stereocenters. The van der Waals surface area contributed by atoms with Crippen molar-refractivity contribution in [1.82, 2.24) is 14.9 Å². The van der Waals surface area contributed by atoms with Crippen LogP contribution in [0.4, 0.5) is 5.69 Å². The lowest BCUT2D eigenvalue weighted by molar-refractivity contribution is 0.314. The van der Waals surface area contributed by atoms with Gasteiger partial charge in [0.05, 0.1) is 12.6 Å². The van der Waals surface area contributed by atoms with Crippen molar-refractivity contribution in [2.75, 3.05) is 20.7 Å². The number of methoxy groups -OCH3 is 1. The first-order chi connectivity index (χ1) is 12.1. The lowest BCUT2D eigenvalue weighted by Gasteiger charge is -2.27. The maximum Gasteiger partial charge on any atom is 0.221 e. The SMILES string of the molecule is COc1ncccc1-c1cc2c(N=O)c(O)[nH]c2c2c1CCN(C)C2. The van der Waals surface area contributed by atoms with Gasteiger partial charge in [-0.3, -0.25) is 0 Å². The molecule has 7 heteroatoms. The highest BCUT2D eigenvalue weighted by Gasteiger charge is 2.25. The van der Waals surface area contributed by atoms with Gasteiger partial charge in [0.1, 0.15) is 0 Å². The second kappa shape index (κ2) is 5.86. The van der Waals surface area contributed by atoms with Crippen molar-refractivity contribution < 1.29 is 9.84 Å². The van der Waals surface area contributed by atoms with Crippen molar-refractivity contribution in [3.63, 3.8) is 0 Å². The number of pyridine rings is 1. The first-order valence-electron chi connectivity index (χ1n) is 8.04. The van der Waals surface area contributed by atoms with Gasteiger partial charge in [-0.25, -0.2) is 4.98 Å². The molecule has 0 spiro atoms. The fraction of sp³-hybridized carbons (Fsp3) is 0.278. The van der Waals surface area contributed by atoms with E-state index >= 15 is 0 Å². The van der Waals surface area contributed by atoms with Crippen LogP contribution in [-0.4, -0.2) is 40.7 Å². The molecule has 2 N–H and O–H groups in total. The zero-order valence-corrected chi connectivity index (χ0v) is 14.0.